The van der Waals surface area contributed by atoms with Crippen molar-refractivity contribution in [2.24, 2.45) is 0 Å². The number of benzene rings is 1. The number of carbonyl (C=O) groups excluding carboxylic acids is 1. The molecule has 4 heteroatoms. The van der Waals surface area contributed by atoms with Crippen LogP contribution >= 0.6 is 0 Å². The Morgan fingerprint density at radius 1 is 1.41 bits per heavy atom. The third-order valence-electron chi connectivity index (χ3n) is 2.56. The molecule has 0 aliphatic rings. The Hall–Kier alpha value is -1.71. The van der Waals surface area contributed by atoms with E-state index in [1.165, 1.54) is 0 Å². The molecule has 94 valence electrons. The number of nitrogens with two attached hydrogens (primary N) is 1. The molecule has 1 aromatic rings. The van der Waals surface area contributed by atoms with Gasteiger partial charge in [-0.25, -0.2) is 0 Å². The summed E-state index contributed by atoms with van der Waals surface area (Å²) in [4.78, 5) is 11.4. The van der Waals surface area contributed by atoms with E-state index < -0.39 is 0 Å². The lowest BCUT2D eigenvalue weighted by Gasteiger charge is -2.13. The number of carbonyl (C=O) groups is 1. The summed E-state index contributed by atoms with van der Waals surface area (Å²) in [5.41, 5.74) is 8.34. The molecule has 0 heterocycles. The van der Waals surface area contributed by atoms with Crippen LogP contribution in [0.5, 0.6) is 5.75 Å². The molecule has 1 aromatic carbocycles. The third kappa shape index (κ3) is 3.66. The summed E-state index contributed by atoms with van der Waals surface area (Å²) in [7, 11) is 0. The highest BCUT2D eigenvalue weighted by atomic mass is 16.5. The molecule has 1 amide bonds. The van der Waals surface area contributed by atoms with Gasteiger partial charge in [0.05, 0.1) is 0 Å². The maximum Gasteiger partial charge on any atom is 0.257 e. The Balaban J connectivity index is 2.63. The Morgan fingerprint density at radius 3 is 2.76 bits per heavy atom. The molecule has 0 saturated heterocycles. The van der Waals surface area contributed by atoms with Gasteiger partial charge in [-0.3, -0.25) is 4.79 Å². The van der Waals surface area contributed by atoms with Gasteiger partial charge in [0.25, 0.3) is 5.91 Å². The van der Waals surface area contributed by atoms with Crippen molar-refractivity contribution in [1.29, 1.82) is 0 Å². The van der Waals surface area contributed by atoms with Gasteiger partial charge in [-0.05, 0) is 31.9 Å². The zero-order valence-electron chi connectivity index (χ0n) is 10.7. The van der Waals surface area contributed by atoms with Crippen LogP contribution in [0.25, 0.3) is 0 Å². The molecule has 0 saturated carbocycles. The van der Waals surface area contributed by atoms with E-state index in [1.54, 1.807) is 0 Å². The first-order valence-electron chi connectivity index (χ1n) is 5.81. The molecule has 0 aliphatic heterocycles. The van der Waals surface area contributed by atoms with Gasteiger partial charge in [-0.15, -0.1) is 0 Å². The molecule has 0 aromatic heterocycles. The van der Waals surface area contributed by atoms with Crippen LogP contribution in [-0.2, 0) is 4.79 Å². The summed E-state index contributed by atoms with van der Waals surface area (Å²) in [6.07, 6.45) is 0.919. The lowest BCUT2D eigenvalue weighted by atomic mass is 10.1. The fourth-order valence-electron chi connectivity index (χ4n) is 1.52. The molecular weight excluding hydrogens is 216 g/mol. The minimum Gasteiger partial charge on any atom is -0.483 e. The first-order valence-corrected chi connectivity index (χ1v) is 5.81. The summed E-state index contributed by atoms with van der Waals surface area (Å²) in [6, 6.07) is 3.73. The van der Waals surface area contributed by atoms with Gasteiger partial charge in [-0.2, -0.15) is 0 Å². The van der Waals surface area contributed by atoms with Crippen LogP contribution in [0, 0.1) is 13.8 Å². The monoisotopic (exact) mass is 236 g/mol. The van der Waals surface area contributed by atoms with Crippen molar-refractivity contribution < 1.29 is 9.53 Å². The van der Waals surface area contributed by atoms with E-state index >= 15 is 0 Å². The number of aryl methyl sites for hydroxylation is 1. The standard InChI is InChI=1S/C13H20N2O2/c1-4-7-15-12(16)8-17-13-9(2)5-6-11(14)10(13)3/h5-6H,4,7-8,14H2,1-3H3,(H,15,16). The molecule has 0 atom stereocenters. The highest BCUT2D eigenvalue weighted by Crippen LogP contribution is 2.27. The Morgan fingerprint density at radius 2 is 2.12 bits per heavy atom. The second-order valence-corrected chi connectivity index (χ2v) is 4.06. The predicted octanol–water partition coefficient (Wildman–Crippen LogP) is 1.79. The molecule has 0 bridgehead atoms. The second kappa shape index (κ2) is 6.13. The van der Waals surface area contributed by atoms with Gasteiger partial charge < -0.3 is 15.8 Å². The first-order chi connectivity index (χ1) is 8.06. The van der Waals surface area contributed by atoms with Crippen LogP contribution in [-0.4, -0.2) is 19.1 Å². The Bertz CT molecular complexity index is 403. The smallest absolute Gasteiger partial charge is 0.257 e. The summed E-state index contributed by atoms with van der Waals surface area (Å²) in [5, 5.41) is 2.76. The maximum atomic E-state index is 11.4. The van der Waals surface area contributed by atoms with Gasteiger partial charge >= 0.3 is 0 Å². The molecule has 4 nitrogen and oxygen atoms in total. The third-order valence-corrected chi connectivity index (χ3v) is 2.56. The van der Waals surface area contributed by atoms with E-state index in [9.17, 15) is 4.79 Å². The van der Waals surface area contributed by atoms with Crippen molar-refractivity contribution in [3.05, 3.63) is 23.3 Å². The maximum absolute atomic E-state index is 11.4. The van der Waals surface area contributed by atoms with Gasteiger partial charge in [-0.1, -0.05) is 13.0 Å². The summed E-state index contributed by atoms with van der Waals surface area (Å²) >= 11 is 0. The van der Waals surface area contributed by atoms with Crippen molar-refractivity contribution in [2.45, 2.75) is 27.2 Å². The molecule has 3 N–H and O–H groups in total. The normalized spacial score (nSPS) is 10.1. The first kappa shape index (κ1) is 13.4. The summed E-state index contributed by atoms with van der Waals surface area (Å²) in [6.45, 7) is 6.54. The molecule has 1 rings (SSSR count). The highest BCUT2D eigenvalue weighted by molar-refractivity contribution is 5.77. The van der Waals surface area contributed by atoms with Crippen LogP contribution < -0.4 is 15.8 Å². The van der Waals surface area contributed by atoms with Crippen molar-refractivity contribution in [2.75, 3.05) is 18.9 Å². The molecule has 0 spiro atoms. The quantitative estimate of drug-likeness (QED) is 0.766. The van der Waals surface area contributed by atoms with E-state index in [2.05, 4.69) is 5.32 Å². The SMILES string of the molecule is CCCNC(=O)COc1c(C)ccc(N)c1C. The molecule has 0 radical (unpaired) electrons. The summed E-state index contributed by atoms with van der Waals surface area (Å²) < 4.78 is 5.52. The van der Waals surface area contributed by atoms with E-state index in [4.69, 9.17) is 10.5 Å². The minimum absolute atomic E-state index is 0.0329. The second-order valence-electron chi connectivity index (χ2n) is 4.06. The van der Waals surface area contributed by atoms with Crippen molar-refractivity contribution in [1.82, 2.24) is 5.32 Å². The van der Waals surface area contributed by atoms with Gasteiger partial charge in [0, 0.05) is 17.8 Å². The summed E-state index contributed by atoms with van der Waals surface area (Å²) in [5.74, 6) is 0.602. The average Bonchev–Trinajstić information content (AvgIpc) is 2.31. The Labute approximate surface area is 102 Å². The number of nitrogens with one attached hydrogen (secondary N) is 1. The lowest BCUT2D eigenvalue weighted by Crippen LogP contribution is -2.29. The topological polar surface area (TPSA) is 64.3 Å². The number of hydrogen-bond acceptors (Lipinski definition) is 3. The van der Waals surface area contributed by atoms with Crippen LogP contribution in [0.1, 0.15) is 24.5 Å². The number of anilines is 1. The van der Waals surface area contributed by atoms with E-state index in [-0.39, 0.29) is 12.5 Å². The van der Waals surface area contributed by atoms with E-state index in [0.29, 0.717) is 18.0 Å². The number of nitrogen functional groups attached to an aromatic ring is 1. The van der Waals surface area contributed by atoms with Crippen molar-refractivity contribution in [3.8, 4) is 5.75 Å². The molecule has 17 heavy (non-hydrogen) atoms. The number of rotatable bonds is 5. The molecule has 0 fully saturated rings. The van der Waals surface area contributed by atoms with Crippen molar-refractivity contribution in [3.63, 3.8) is 0 Å². The number of amides is 1. The zero-order chi connectivity index (χ0) is 12.8. The van der Waals surface area contributed by atoms with Gasteiger partial charge in [0.2, 0.25) is 0 Å². The molecule has 0 aliphatic carbocycles. The van der Waals surface area contributed by atoms with Crippen LogP contribution in [0.2, 0.25) is 0 Å². The van der Waals surface area contributed by atoms with Gasteiger partial charge in [0.1, 0.15) is 5.75 Å². The highest BCUT2D eigenvalue weighted by Gasteiger charge is 2.09. The van der Waals surface area contributed by atoms with E-state index in [1.807, 2.05) is 32.9 Å². The largest absolute Gasteiger partial charge is 0.483 e. The number of hydrogen-bond donors (Lipinski definition) is 2. The van der Waals surface area contributed by atoms with Crippen molar-refractivity contribution >= 4 is 11.6 Å². The van der Waals surface area contributed by atoms with Crippen LogP contribution in [0.3, 0.4) is 0 Å². The zero-order valence-corrected chi connectivity index (χ0v) is 10.7. The molecule has 0 unspecified atom stereocenters. The van der Waals surface area contributed by atoms with E-state index in [0.717, 1.165) is 17.5 Å². The van der Waals surface area contributed by atoms with Crippen LogP contribution in [0.15, 0.2) is 12.1 Å². The molecular formula is C13H20N2O2. The van der Waals surface area contributed by atoms with Gasteiger partial charge in [0.15, 0.2) is 6.61 Å². The van der Waals surface area contributed by atoms with Crippen LogP contribution in [0.4, 0.5) is 5.69 Å². The minimum atomic E-state index is -0.104. The lowest BCUT2D eigenvalue weighted by molar-refractivity contribution is -0.123. The number of ether oxygens (including phenoxy) is 1. The average molecular weight is 236 g/mol. The fraction of sp³-hybridized carbons (Fsp3) is 0.462. The Kier molecular flexibility index (Phi) is 4.82. The predicted molar refractivity (Wildman–Crippen MR) is 69.1 cm³/mol. The fourth-order valence-corrected chi connectivity index (χ4v) is 1.52.